The van der Waals surface area contributed by atoms with Crippen LogP contribution in [0.4, 0.5) is 0 Å². The van der Waals surface area contributed by atoms with Crippen molar-refractivity contribution in [3.05, 3.63) is 120 Å². The smallest absolute Gasteiger partial charge is 0.326 e. The third-order valence-corrected chi connectivity index (χ3v) is 21.9. The molecule has 5 heterocycles. The minimum atomic E-state index is -1.55. The number of hydrogen-bond acceptors (Lipinski definition) is 19. The van der Waals surface area contributed by atoms with Crippen LogP contribution in [-0.4, -0.2) is 238 Å². The fourth-order valence-electron chi connectivity index (χ4n) is 14.4. The van der Waals surface area contributed by atoms with Crippen molar-refractivity contribution in [3.63, 3.8) is 0 Å². The molecule has 6 aromatic rings. The van der Waals surface area contributed by atoms with Crippen LogP contribution in [0.5, 0.6) is 5.75 Å². The summed E-state index contributed by atoms with van der Waals surface area (Å²) < 4.78 is 0. The van der Waals surface area contributed by atoms with Gasteiger partial charge in [0.05, 0.1) is 12.4 Å². The third-order valence-electron chi connectivity index (χ3n) is 20.6. The standard InChI is InChI=1S/C81H112N18O16S2/c1-9-10-19-57(71(104)95-63(81(114)115)34-47-24-26-51(100)27-25-47)90-78(111)67-23-16-31-99(67)79(112)64(41-116-7)96-69(102)46(6)88-77(110)66-22-15-30-98(66)80(113)65(42-117-8)97-74(107)60(33-45(4)5)92-72(105)58(28-29-68(83)101)89-73(106)59(32-44(2)3)93-75(108)61(36-49-39-86-56-21-14-12-18-53(49)56)94-76(109)62(37-50-40-84-43-87-50)91-70(103)54(82)35-48-38-85-55-20-13-11-17-52(48)55/h11-14,17-18,20-21,24-27,38-40,43-46,54,57-67,85-86,100H,9-10,15-16,19,22-23,28-37,41-42,82H2,1-8H3,(H2,83,101)(H,84,87)(H,88,110)(H,89,106)(H,90,111)(H,91,103)(H,92,105)(H,93,108)(H,94,109)(H,95,104)(H,96,102)(H,97,107)(H,114,115)/t46-,54-,57-,58-,59-,60-,61-,62-,63-,64-,65-,66-,67-/m0/s1. The van der Waals surface area contributed by atoms with Gasteiger partial charge in [-0.3, -0.25) is 62.3 Å². The van der Waals surface area contributed by atoms with Crippen LogP contribution in [0.3, 0.4) is 0 Å². The van der Waals surface area contributed by atoms with Crippen LogP contribution < -0.4 is 64.6 Å². The number of carboxylic acid groups (broad SMARTS) is 1. The number of unbranched alkanes of at least 4 members (excludes halogenated alkanes) is 1. The van der Waals surface area contributed by atoms with E-state index in [0.717, 1.165) is 27.4 Å². The summed E-state index contributed by atoms with van der Waals surface area (Å²) in [6, 6.07) is 4.11. The van der Waals surface area contributed by atoms with Crippen molar-refractivity contribution in [1.29, 1.82) is 0 Å². The summed E-state index contributed by atoms with van der Waals surface area (Å²) in [7, 11) is 0. The number of H-pyrrole nitrogens is 3. The Hall–Kier alpha value is -11.0. The fraction of sp³-hybridized carbons (Fsp3) is 0.519. The van der Waals surface area contributed by atoms with Gasteiger partial charge < -0.3 is 99.6 Å². The molecule has 0 spiro atoms. The van der Waals surface area contributed by atoms with E-state index in [4.69, 9.17) is 11.5 Å². The minimum Gasteiger partial charge on any atom is -0.508 e. The van der Waals surface area contributed by atoms with Crippen molar-refractivity contribution < 1.29 is 77.3 Å². The van der Waals surface area contributed by atoms with E-state index in [0.29, 0.717) is 42.5 Å². The van der Waals surface area contributed by atoms with Gasteiger partial charge in [-0.15, -0.1) is 0 Å². The van der Waals surface area contributed by atoms with Gasteiger partial charge in [0, 0.05) is 96.4 Å². The molecular weight excluding hydrogens is 1550 g/mol. The number of nitrogens with one attached hydrogen (secondary N) is 13. The number of imidazole rings is 1. The van der Waals surface area contributed by atoms with Gasteiger partial charge in [-0.25, -0.2) is 9.78 Å². The summed E-state index contributed by atoms with van der Waals surface area (Å²) in [6.07, 6.45) is 11.2. The van der Waals surface area contributed by atoms with Crippen LogP contribution in [0, 0.1) is 11.8 Å². The van der Waals surface area contributed by atoms with E-state index in [9.17, 15) is 72.5 Å². The highest BCUT2D eigenvalue weighted by Crippen LogP contribution is 2.26. The SMILES string of the molecule is CCCC[C@H](NC(=O)[C@@H]1CCCN1C(=O)[C@H](CSC)NC(=O)[C@H](C)NC(=O)[C@@H]1CCCN1C(=O)[C@H](CSC)NC(=O)[C@H](CC(C)C)NC(=O)[C@H](CCC(N)=O)NC(=O)[C@H](CC(C)C)NC(=O)[C@H](Cc1c[nH]c2ccccc12)NC(=O)[C@H](Cc1cnc[nH]1)NC(=O)[C@@H](N)Cc1c[nH]c2ccccc12)C(=O)N[C@@H](Cc1ccc(O)cc1)C(=O)O. The first-order valence-corrected chi connectivity index (χ1v) is 42.4. The Morgan fingerprint density at radius 2 is 0.957 bits per heavy atom. The molecule has 117 heavy (non-hydrogen) atoms. The average molecular weight is 1660 g/mol. The Balaban J connectivity index is 0.910. The first-order chi connectivity index (χ1) is 55.9. The number of hydrogen-bond donors (Lipinski definition) is 17. The number of carbonyl (C=O) groups excluding carboxylic acids is 13. The average Bonchev–Trinajstić information content (AvgIpc) is 1.74. The predicted molar refractivity (Wildman–Crippen MR) is 442 cm³/mol. The van der Waals surface area contributed by atoms with Crippen molar-refractivity contribution in [2.45, 2.75) is 216 Å². The highest BCUT2D eigenvalue weighted by atomic mass is 32.2. The molecule has 8 rings (SSSR count). The molecule has 0 bridgehead atoms. The first kappa shape index (κ1) is 91.5. The van der Waals surface area contributed by atoms with E-state index < -0.39 is 168 Å². The number of aromatic hydroxyl groups is 1. The molecule has 3 aromatic heterocycles. The number of benzene rings is 3. The lowest BCUT2D eigenvalue weighted by Crippen LogP contribution is -2.61. The van der Waals surface area contributed by atoms with Crippen LogP contribution in [-0.2, 0) is 92.8 Å². The van der Waals surface area contributed by atoms with Gasteiger partial charge in [-0.05, 0) is 130 Å². The monoisotopic (exact) mass is 1660 g/mol. The number of phenols is 1. The zero-order chi connectivity index (χ0) is 85.2. The van der Waals surface area contributed by atoms with Crippen molar-refractivity contribution in [3.8, 4) is 5.75 Å². The second-order valence-corrected chi connectivity index (χ2v) is 32.5. The number of nitrogens with two attached hydrogens (primary N) is 2. The number of aromatic nitrogens is 4. The molecule has 13 atom stereocenters. The van der Waals surface area contributed by atoms with E-state index in [1.807, 2.05) is 55.5 Å². The number of thioether (sulfide) groups is 2. The highest BCUT2D eigenvalue weighted by Gasteiger charge is 2.43. The molecule has 0 aliphatic carbocycles. The molecular formula is C81H112N18O16S2. The van der Waals surface area contributed by atoms with Crippen LogP contribution in [0.2, 0.25) is 0 Å². The predicted octanol–water partition coefficient (Wildman–Crippen LogP) is 1.88. The highest BCUT2D eigenvalue weighted by molar-refractivity contribution is 7.98. The van der Waals surface area contributed by atoms with Crippen LogP contribution in [0.25, 0.3) is 21.8 Å². The Labute approximate surface area is 687 Å². The van der Waals surface area contributed by atoms with Gasteiger partial charge >= 0.3 is 5.97 Å². The number of amides is 13. The number of phenolic OH excluding ortho intramolecular Hbond substituents is 1. The number of carboxylic acids is 1. The Kier molecular flexibility index (Phi) is 34.7. The molecule has 19 N–H and O–H groups in total. The van der Waals surface area contributed by atoms with Crippen molar-refractivity contribution >= 4 is 128 Å². The van der Waals surface area contributed by atoms with Gasteiger partial charge in [0.1, 0.15) is 78.3 Å². The minimum absolute atomic E-state index is 0.00265. The largest absolute Gasteiger partial charge is 0.508 e. The Morgan fingerprint density at radius 3 is 1.45 bits per heavy atom. The number of fused-ring (bicyclic) bond motifs is 2. The summed E-state index contributed by atoms with van der Waals surface area (Å²) >= 11 is 2.45. The number of aromatic amines is 3. The Morgan fingerprint density at radius 1 is 0.513 bits per heavy atom. The van der Waals surface area contributed by atoms with Crippen molar-refractivity contribution in [2.24, 2.45) is 23.3 Å². The summed E-state index contributed by atoms with van der Waals surface area (Å²) in [6.45, 7) is 10.7. The second kappa shape index (κ2) is 44.4. The molecule has 634 valence electrons. The van der Waals surface area contributed by atoms with E-state index in [1.54, 1.807) is 52.6 Å². The number of likely N-dealkylation sites (tertiary alicyclic amines) is 2. The number of carbonyl (C=O) groups is 14. The molecule has 34 nitrogen and oxygen atoms in total. The maximum absolute atomic E-state index is 15.0. The third kappa shape index (κ3) is 26.5. The van der Waals surface area contributed by atoms with Crippen LogP contribution in [0.1, 0.15) is 135 Å². The molecule has 3 aromatic carbocycles. The summed E-state index contributed by atoms with van der Waals surface area (Å²) in [5.41, 5.74) is 16.1. The number of nitrogens with zero attached hydrogens (tertiary/aromatic N) is 3. The maximum Gasteiger partial charge on any atom is 0.326 e. The van der Waals surface area contributed by atoms with Gasteiger partial charge in [0.15, 0.2) is 0 Å². The van der Waals surface area contributed by atoms with Gasteiger partial charge in [-0.1, -0.05) is 96.0 Å². The number of aliphatic carboxylic acids is 1. The van der Waals surface area contributed by atoms with Gasteiger partial charge in [-0.2, -0.15) is 23.5 Å². The maximum atomic E-state index is 15.0. The van der Waals surface area contributed by atoms with Crippen LogP contribution in [0.15, 0.2) is 97.7 Å². The molecule has 0 unspecified atom stereocenters. The molecule has 0 saturated carbocycles. The van der Waals surface area contributed by atoms with Gasteiger partial charge in [0.25, 0.3) is 0 Å². The molecule has 2 aliphatic rings. The lowest BCUT2D eigenvalue weighted by atomic mass is 9.99. The number of para-hydroxylation sites is 2. The summed E-state index contributed by atoms with van der Waals surface area (Å²) in [5.74, 6) is -11.5. The fourth-order valence-corrected chi connectivity index (χ4v) is 15.6. The van der Waals surface area contributed by atoms with Gasteiger partial charge in [0.2, 0.25) is 76.8 Å². The molecule has 13 amide bonds. The second-order valence-electron chi connectivity index (χ2n) is 30.7. The lowest BCUT2D eigenvalue weighted by Gasteiger charge is -2.31. The number of rotatable bonds is 45. The molecule has 2 aliphatic heterocycles. The zero-order valence-corrected chi connectivity index (χ0v) is 68.9. The Bertz CT molecular complexity index is 4440. The molecule has 2 saturated heterocycles. The summed E-state index contributed by atoms with van der Waals surface area (Å²) in [5, 5.41) is 48.7. The quantitative estimate of drug-likeness (QED) is 0.0259. The lowest BCUT2D eigenvalue weighted by molar-refractivity contribution is -0.143. The van der Waals surface area contributed by atoms with E-state index >= 15 is 4.79 Å². The molecule has 36 heteroatoms. The van der Waals surface area contributed by atoms with Crippen molar-refractivity contribution in [1.82, 2.24) is 82.9 Å². The topological polar surface area (TPSA) is 519 Å². The summed E-state index contributed by atoms with van der Waals surface area (Å²) in [4.78, 5) is 214. The van der Waals surface area contributed by atoms with E-state index in [1.165, 1.54) is 77.0 Å². The van der Waals surface area contributed by atoms with Crippen molar-refractivity contribution in [2.75, 3.05) is 37.1 Å². The normalized spacial score (nSPS) is 16.9. The van der Waals surface area contributed by atoms with E-state index in [-0.39, 0.29) is 106 Å². The van der Waals surface area contributed by atoms with E-state index in [2.05, 4.69) is 73.1 Å². The first-order valence-electron chi connectivity index (χ1n) is 39.6. The molecule has 2 fully saturated rings. The molecule has 0 radical (unpaired) electrons. The zero-order valence-electron chi connectivity index (χ0n) is 67.3. The van der Waals surface area contributed by atoms with Crippen LogP contribution >= 0.6 is 23.5 Å². The number of primary amides is 1.